The number of pyridine rings is 1. The normalized spacial score (nSPS) is 23.3. The molecular weight excluding hydrogens is 455 g/mol. The Balaban J connectivity index is 0.000000383. The standard InChI is InChI=1S/C19H24F2N2O3.C2HF3O2/c20-19(21)9-15(10-19)17(24)23-12-18(13-23)16(4-8-26-18)3-7-25-11-14-1-5-22-6-2-14;3-2(4,5)1(6)7/h1-2,5-6,15-16H,3-4,7-13H2;(H,6,7). The van der Waals surface area contributed by atoms with Crippen LogP contribution in [0.15, 0.2) is 24.5 Å². The highest BCUT2D eigenvalue weighted by Crippen LogP contribution is 2.47. The molecule has 12 heteroatoms. The summed E-state index contributed by atoms with van der Waals surface area (Å²) < 4.78 is 69.4. The van der Waals surface area contributed by atoms with Gasteiger partial charge in [0.1, 0.15) is 5.60 Å². The summed E-state index contributed by atoms with van der Waals surface area (Å²) in [7, 11) is 0. The third-order valence-electron chi connectivity index (χ3n) is 6.14. The molecule has 3 heterocycles. The minimum atomic E-state index is -5.08. The van der Waals surface area contributed by atoms with Crippen LogP contribution in [0, 0.1) is 11.8 Å². The SMILES string of the molecule is O=C(C1CC(F)(F)C1)N1CC2(C1)OCCC2CCOCc1ccncc1.O=C(O)C(F)(F)F. The number of amides is 1. The molecule has 184 valence electrons. The third kappa shape index (κ3) is 6.38. The van der Waals surface area contributed by atoms with Gasteiger partial charge in [-0.3, -0.25) is 9.78 Å². The maximum absolute atomic E-state index is 13.0. The van der Waals surface area contributed by atoms with E-state index in [1.165, 1.54) is 0 Å². The van der Waals surface area contributed by atoms with Crippen LogP contribution in [0.5, 0.6) is 0 Å². The highest BCUT2D eigenvalue weighted by molar-refractivity contribution is 5.81. The van der Waals surface area contributed by atoms with Crippen molar-refractivity contribution in [3.05, 3.63) is 30.1 Å². The maximum atomic E-state index is 13.0. The van der Waals surface area contributed by atoms with Crippen molar-refractivity contribution >= 4 is 11.9 Å². The number of aromatic nitrogens is 1. The minimum Gasteiger partial charge on any atom is -0.475 e. The number of aliphatic carboxylic acids is 1. The van der Waals surface area contributed by atoms with E-state index in [1.807, 2.05) is 12.1 Å². The lowest BCUT2D eigenvalue weighted by molar-refractivity contribution is -0.192. The second kappa shape index (κ2) is 9.88. The van der Waals surface area contributed by atoms with Crippen molar-refractivity contribution in [2.75, 3.05) is 26.3 Å². The fraction of sp³-hybridized carbons (Fsp3) is 0.667. The highest BCUT2D eigenvalue weighted by atomic mass is 19.4. The van der Waals surface area contributed by atoms with Crippen LogP contribution >= 0.6 is 0 Å². The minimum absolute atomic E-state index is 0.135. The first-order valence-corrected chi connectivity index (χ1v) is 10.5. The van der Waals surface area contributed by atoms with E-state index in [9.17, 15) is 26.7 Å². The molecule has 7 nitrogen and oxygen atoms in total. The Morgan fingerprint density at radius 3 is 2.36 bits per heavy atom. The van der Waals surface area contributed by atoms with Crippen molar-refractivity contribution in [3.8, 4) is 0 Å². The molecule has 1 unspecified atom stereocenters. The molecular formula is C21H25F5N2O5. The van der Waals surface area contributed by atoms with Crippen LogP contribution in [0.4, 0.5) is 22.0 Å². The summed E-state index contributed by atoms with van der Waals surface area (Å²) in [5, 5.41) is 7.12. The summed E-state index contributed by atoms with van der Waals surface area (Å²) in [5.74, 6) is -5.70. The number of carboxylic acids is 1. The number of hydrogen-bond acceptors (Lipinski definition) is 5. The number of rotatable bonds is 6. The first-order valence-electron chi connectivity index (χ1n) is 10.5. The molecule has 1 amide bonds. The first-order chi connectivity index (χ1) is 15.4. The number of nitrogens with zero attached hydrogens (tertiary/aromatic N) is 2. The largest absolute Gasteiger partial charge is 0.490 e. The van der Waals surface area contributed by atoms with Gasteiger partial charge < -0.3 is 19.5 Å². The Hall–Kier alpha value is -2.34. The van der Waals surface area contributed by atoms with Crippen LogP contribution in [-0.2, 0) is 25.7 Å². The molecule has 1 aromatic heterocycles. The molecule has 2 aliphatic heterocycles. The van der Waals surface area contributed by atoms with Crippen LogP contribution in [0.2, 0.25) is 0 Å². The number of carbonyl (C=O) groups excluding carboxylic acids is 1. The predicted octanol–water partition coefficient (Wildman–Crippen LogP) is 3.28. The van der Waals surface area contributed by atoms with Crippen LogP contribution < -0.4 is 0 Å². The van der Waals surface area contributed by atoms with Gasteiger partial charge in [-0.1, -0.05) is 0 Å². The lowest BCUT2D eigenvalue weighted by Crippen LogP contribution is -2.67. The number of alkyl halides is 5. The Morgan fingerprint density at radius 2 is 1.82 bits per heavy atom. The third-order valence-corrected chi connectivity index (χ3v) is 6.14. The predicted molar refractivity (Wildman–Crippen MR) is 103 cm³/mol. The second-order valence-electron chi connectivity index (χ2n) is 8.55. The lowest BCUT2D eigenvalue weighted by Gasteiger charge is -2.52. The molecule has 1 aromatic rings. The molecule has 4 rings (SSSR count). The Kier molecular flexibility index (Phi) is 7.57. The summed E-state index contributed by atoms with van der Waals surface area (Å²) in [6, 6.07) is 3.86. The molecule has 1 saturated carbocycles. The van der Waals surface area contributed by atoms with Gasteiger partial charge in [-0.2, -0.15) is 13.2 Å². The quantitative estimate of drug-likeness (QED) is 0.497. The summed E-state index contributed by atoms with van der Waals surface area (Å²) in [6.45, 7) is 2.95. The van der Waals surface area contributed by atoms with Crippen LogP contribution in [0.3, 0.4) is 0 Å². The molecule has 1 spiro atoms. The maximum Gasteiger partial charge on any atom is 0.490 e. The van der Waals surface area contributed by atoms with Gasteiger partial charge >= 0.3 is 12.1 Å². The topological polar surface area (TPSA) is 89.0 Å². The van der Waals surface area contributed by atoms with Gasteiger partial charge in [0.05, 0.1) is 19.7 Å². The fourth-order valence-electron chi connectivity index (χ4n) is 4.29. The van der Waals surface area contributed by atoms with Gasteiger partial charge in [-0.05, 0) is 36.5 Å². The van der Waals surface area contributed by atoms with Crippen molar-refractivity contribution in [2.24, 2.45) is 11.8 Å². The molecule has 33 heavy (non-hydrogen) atoms. The molecule has 2 saturated heterocycles. The van der Waals surface area contributed by atoms with Crippen molar-refractivity contribution in [3.63, 3.8) is 0 Å². The fourth-order valence-corrected chi connectivity index (χ4v) is 4.29. The van der Waals surface area contributed by atoms with E-state index in [4.69, 9.17) is 19.4 Å². The smallest absolute Gasteiger partial charge is 0.475 e. The molecule has 3 aliphatic rings. The molecule has 0 bridgehead atoms. The van der Waals surface area contributed by atoms with Gasteiger partial charge in [0.15, 0.2) is 0 Å². The van der Waals surface area contributed by atoms with Crippen molar-refractivity contribution < 1.29 is 46.1 Å². The van der Waals surface area contributed by atoms with E-state index < -0.39 is 24.0 Å². The van der Waals surface area contributed by atoms with Crippen LogP contribution in [-0.4, -0.2) is 70.9 Å². The summed E-state index contributed by atoms with van der Waals surface area (Å²) in [5.41, 5.74) is 0.803. The van der Waals surface area contributed by atoms with Gasteiger partial charge in [0, 0.05) is 44.4 Å². The summed E-state index contributed by atoms with van der Waals surface area (Å²) >= 11 is 0. The molecule has 3 fully saturated rings. The van der Waals surface area contributed by atoms with Crippen LogP contribution in [0.1, 0.15) is 31.2 Å². The second-order valence-corrected chi connectivity index (χ2v) is 8.55. The molecule has 0 radical (unpaired) electrons. The first kappa shape index (κ1) is 25.3. The molecule has 1 N–H and O–H groups in total. The molecule has 1 aliphatic carbocycles. The van der Waals surface area contributed by atoms with E-state index >= 15 is 0 Å². The van der Waals surface area contributed by atoms with Gasteiger partial charge in [0.2, 0.25) is 11.8 Å². The van der Waals surface area contributed by atoms with E-state index in [0.29, 0.717) is 38.8 Å². The lowest BCUT2D eigenvalue weighted by atomic mass is 9.75. The average molecular weight is 480 g/mol. The Labute approximate surface area is 186 Å². The van der Waals surface area contributed by atoms with Crippen molar-refractivity contribution in [1.29, 1.82) is 0 Å². The van der Waals surface area contributed by atoms with Crippen LogP contribution in [0.25, 0.3) is 0 Å². The number of carboxylic acid groups (broad SMARTS) is 1. The number of carbonyl (C=O) groups is 2. The molecule has 0 aromatic carbocycles. The monoisotopic (exact) mass is 480 g/mol. The number of halogens is 5. The van der Waals surface area contributed by atoms with E-state index in [1.54, 1.807) is 17.3 Å². The highest BCUT2D eigenvalue weighted by Gasteiger charge is 2.57. The van der Waals surface area contributed by atoms with E-state index in [0.717, 1.165) is 18.4 Å². The Morgan fingerprint density at radius 1 is 1.21 bits per heavy atom. The summed E-state index contributed by atoms with van der Waals surface area (Å²) in [6.07, 6.45) is -0.353. The number of likely N-dealkylation sites (tertiary alicyclic amines) is 1. The zero-order valence-electron chi connectivity index (χ0n) is 17.7. The summed E-state index contributed by atoms with van der Waals surface area (Å²) in [4.78, 5) is 26.8. The van der Waals surface area contributed by atoms with Gasteiger partial charge in [0.25, 0.3) is 0 Å². The van der Waals surface area contributed by atoms with E-state index in [-0.39, 0.29) is 24.3 Å². The average Bonchev–Trinajstić information content (AvgIpc) is 3.12. The van der Waals surface area contributed by atoms with Gasteiger partial charge in [-0.25, -0.2) is 13.6 Å². The van der Waals surface area contributed by atoms with E-state index in [2.05, 4.69) is 4.98 Å². The van der Waals surface area contributed by atoms with Crippen molar-refractivity contribution in [1.82, 2.24) is 9.88 Å². The van der Waals surface area contributed by atoms with Crippen molar-refractivity contribution in [2.45, 2.75) is 50.0 Å². The molecule has 1 atom stereocenters. The number of ether oxygens (including phenoxy) is 2. The zero-order chi connectivity index (χ0) is 24.3. The zero-order valence-corrected chi connectivity index (χ0v) is 17.7. The van der Waals surface area contributed by atoms with Gasteiger partial charge in [-0.15, -0.1) is 0 Å². The Bertz CT molecular complexity index is 822. The number of hydrogen-bond donors (Lipinski definition) is 1.